The van der Waals surface area contributed by atoms with Crippen molar-refractivity contribution >= 4 is 12.0 Å². The Morgan fingerprint density at radius 1 is 1.36 bits per heavy atom. The van der Waals surface area contributed by atoms with Crippen LogP contribution in [0, 0.1) is 11.3 Å². The molecule has 8 heteroatoms. The highest BCUT2D eigenvalue weighted by atomic mass is 19.3. The van der Waals surface area contributed by atoms with Gasteiger partial charge in [0.2, 0.25) is 0 Å². The molecule has 0 aliphatic rings. The summed E-state index contributed by atoms with van der Waals surface area (Å²) in [4.78, 5) is 11.5. The van der Waals surface area contributed by atoms with Crippen molar-refractivity contribution in [3.05, 3.63) is 35.4 Å². The normalized spacial score (nSPS) is 12.0. The number of esters is 1. The van der Waals surface area contributed by atoms with Crippen LogP contribution in [0.25, 0.3) is 6.08 Å². The van der Waals surface area contributed by atoms with Crippen LogP contribution in [-0.4, -0.2) is 32.0 Å². The van der Waals surface area contributed by atoms with Gasteiger partial charge in [0.05, 0.1) is 7.11 Å². The van der Waals surface area contributed by atoms with Crippen LogP contribution in [0.2, 0.25) is 0 Å². The van der Waals surface area contributed by atoms with Crippen molar-refractivity contribution in [1.29, 1.82) is 5.26 Å². The standard InChI is InChI=1S/C14H11F4NO3/c1-21-11-4-2-9(3-5-11)6-10(7-19)12(20)22-8-14(17,18)13(15)16/h2-6,13H,8H2,1H3. The number of nitrogens with zero attached hydrogens (tertiary/aromatic N) is 1. The van der Waals surface area contributed by atoms with Crippen LogP contribution >= 0.6 is 0 Å². The summed E-state index contributed by atoms with van der Waals surface area (Å²) in [6.45, 7) is -1.80. The van der Waals surface area contributed by atoms with E-state index in [2.05, 4.69) is 4.74 Å². The van der Waals surface area contributed by atoms with Crippen LogP contribution in [0.1, 0.15) is 5.56 Å². The van der Waals surface area contributed by atoms with Gasteiger partial charge in [-0.2, -0.15) is 14.0 Å². The molecule has 118 valence electrons. The fourth-order valence-electron chi connectivity index (χ4n) is 1.31. The van der Waals surface area contributed by atoms with Crippen molar-refractivity contribution in [3.8, 4) is 11.8 Å². The Hall–Kier alpha value is -2.56. The van der Waals surface area contributed by atoms with E-state index in [9.17, 15) is 22.4 Å². The number of halogens is 4. The number of carbonyl (C=O) groups is 1. The van der Waals surface area contributed by atoms with Crippen molar-refractivity contribution in [2.45, 2.75) is 12.3 Å². The average molecular weight is 317 g/mol. The predicted molar refractivity (Wildman–Crippen MR) is 68.5 cm³/mol. The van der Waals surface area contributed by atoms with Gasteiger partial charge in [-0.15, -0.1) is 0 Å². The second-order valence-corrected chi connectivity index (χ2v) is 4.08. The smallest absolute Gasteiger partial charge is 0.349 e. The van der Waals surface area contributed by atoms with Gasteiger partial charge < -0.3 is 9.47 Å². The lowest BCUT2D eigenvalue weighted by Gasteiger charge is -2.14. The molecule has 0 heterocycles. The number of carbonyl (C=O) groups excluding carboxylic acids is 1. The molecule has 0 amide bonds. The molecule has 0 saturated heterocycles. The molecule has 0 bridgehead atoms. The maximum atomic E-state index is 12.6. The van der Waals surface area contributed by atoms with Gasteiger partial charge in [-0.05, 0) is 23.8 Å². The van der Waals surface area contributed by atoms with E-state index in [-0.39, 0.29) is 0 Å². The van der Waals surface area contributed by atoms with Gasteiger partial charge in [0.1, 0.15) is 17.4 Å². The monoisotopic (exact) mass is 317 g/mol. The van der Waals surface area contributed by atoms with E-state index in [1.807, 2.05) is 0 Å². The molecule has 0 spiro atoms. The molecule has 0 radical (unpaired) electrons. The van der Waals surface area contributed by atoms with Gasteiger partial charge in [-0.25, -0.2) is 13.6 Å². The van der Waals surface area contributed by atoms with Crippen LogP contribution in [0.3, 0.4) is 0 Å². The highest BCUT2D eigenvalue weighted by Gasteiger charge is 2.42. The number of hydrogen-bond donors (Lipinski definition) is 0. The summed E-state index contributed by atoms with van der Waals surface area (Å²) in [6, 6.07) is 7.59. The topological polar surface area (TPSA) is 59.3 Å². The van der Waals surface area contributed by atoms with Gasteiger partial charge in [-0.3, -0.25) is 0 Å². The minimum absolute atomic E-state index is 0.412. The largest absolute Gasteiger partial charge is 0.497 e. The number of ether oxygens (including phenoxy) is 2. The van der Waals surface area contributed by atoms with Crippen LogP contribution in [0.15, 0.2) is 29.8 Å². The molecule has 0 saturated carbocycles. The molecule has 0 atom stereocenters. The summed E-state index contributed by atoms with van der Waals surface area (Å²) < 4.78 is 58.1. The maximum absolute atomic E-state index is 12.6. The van der Waals surface area contributed by atoms with Crippen LogP contribution in [0.5, 0.6) is 5.75 Å². The lowest BCUT2D eigenvalue weighted by atomic mass is 10.1. The number of nitriles is 1. The summed E-state index contributed by atoms with van der Waals surface area (Å²) in [5, 5.41) is 8.82. The Bertz CT molecular complexity index is 591. The fourth-order valence-corrected chi connectivity index (χ4v) is 1.31. The minimum Gasteiger partial charge on any atom is -0.497 e. The highest BCUT2D eigenvalue weighted by molar-refractivity contribution is 5.97. The molecule has 0 aliphatic heterocycles. The van der Waals surface area contributed by atoms with Gasteiger partial charge >= 0.3 is 18.3 Å². The van der Waals surface area contributed by atoms with Crippen molar-refractivity contribution in [1.82, 2.24) is 0 Å². The lowest BCUT2D eigenvalue weighted by molar-refractivity contribution is -0.176. The lowest BCUT2D eigenvalue weighted by Crippen LogP contribution is -2.33. The van der Waals surface area contributed by atoms with Crippen LogP contribution in [0.4, 0.5) is 17.6 Å². The molecule has 0 aliphatic carbocycles. The third-order valence-electron chi connectivity index (χ3n) is 2.48. The quantitative estimate of drug-likeness (QED) is 0.350. The number of hydrogen-bond acceptors (Lipinski definition) is 4. The second kappa shape index (κ2) is 7.45. The predicted octanol–water partition coefficient (Wildman–Crippen LogP) is 3.05. The average Bonchev–Trinajstić information content (AvgIpc) is 2.50. The Morgan fingerprint density at radius 2 is 1.95 bits per heavy atom. The van der Waals surface area contributed by atoms with Gasteiger partial charge in [0.25, 0.3) is 0 Å². The van der Waals surface area contributed by atoms with Gasteiger partial charge in [0, 0.05) is 0 Å². The Morgan fingerprint density at radius 3 is 2.41 bits per heavy atom. The van der Waals surface area contributed by atoms with E-state index in [0.29, 0.717) is 11.3 Å². The molecule has 4 nitrogen and oxygen atoms in total. The first-order chi connectivity index (χ1) is 10.3. The molecule has 0 N–H and O–H groups in total. The first-order valence-corrected chi connectivity index (χ1v) is 5.89. The maximum Gasteiger partial charge on any atom is 0.349 e. The second-order valence-electron chi connectivity index (χ2n) is 4.08. The van der Waals surface area contributed by atoms with E-state index in [1.54, 1.807) is 12.1 Å². The third-order valence-corrected chi connectivity index (χ3v) is 2.48. The zero-order chi connectivity index (χ0) is 16.8. The molecule has 1 rings (SSSR count). The SMILES string of the molecule is COc1ccc(C=C(C#N)C(=O)OCC(F)(F)C(F)F)cc1. The number of rotatable bonds is 6. The Labute approximate surface area is 123 Å². The van der Waals surface area contributed by atoms with Crippen molar-refractivity contribution in [3.63, 3.8) is 0 Å². The van der Waals surface area contributed by atoms with Crippen LogP contribution in [-0.2, 0) is 9.53 Å². The van der Waals surface area contributed by atoms with E-state index in [4.69, 9.17) is 10.00 Å². The van der Waals surface area contributed by atoms with E-state index >= 15 is 0 Å². The zero-order valence-corrected chi connectivity index (χ0v) is 11.4. The highest BCUT2D eigenvalue weighted by Crippen LogP contribution is 2.23. The van der Waals surface area contributed by atoms with E-state index in [1.165, 1.54) is 25.3 Å². The minimum atomic E-state index is -4.46. The number of methoxy groups -OCH3 is 1. The van der Waals surface area contributed by atoms with E-state index in [0.717, 1.165) is 6.08 Å². The molecule has 0 fully saturated rings. The number of benzene rings is 1. The first kappa shape index (κ1) is 17.5. The van der Waals surface area contributed by atoms with Gasteiger partial charge in [-0.1, -0.05) is 12.1 Å². The summed E-state index contributed by atoms with van der Waals surface area (Å²) >= 11 is 0. The molecular formula is C14H11F4NO3. The molecule has 0 unspecified atom stereocenters. The third kappa shape index (κ3) is 4.77. The first-order valence-electron chi connectivity index (χ1n) is 5.89. The summed E-state index contributed by atoms with van der Waals surface area (Å²) in [5.74, 6) is -5.33. The van der Waals surface area contributed by atoms with Gasteiger partial charge in [0.15, 0.2) is 6.61 Å². The molecule has 1 aromatic rings. The van der Waals surface area contributed by atoms with Crippen molar-refractivity contribution in [2.24, 2.45) is 0 Å². The molecule has 0 aromatic heterocycles. The summed E-state index contributed by atoms with van der Waals surface area (Å²) in [5.41, 5.74) is -0.176. The van der Waals surface area contributed by atoms with Crippen molar-refractivity contribution in [2.75, 3.05) is 13.7 Å². The Balaban J connectivity index is 2.80. The van der Waals surface area contributed by atoms with E-state index < -0.39 is 30.5 Å². The summed E-state index contributed by atoms with van der Waals surface area (Å²) in [6.07, 6.45) is -2.88. The summed E-state index contributed by atoms with van der Waals surface area (Å²) in [7, 11) is 1.45. The Kier molecular flexibility index (Phi) is 5.92. The number of alkyl halides is 4. The zero-order valence-electron chi connectivity index (χ0n) is 11.4. The fraction of sp³-hybridized carbons (Fsp3) is 0.286. The van der Waals surface area contributed by atoms with Crippen LogP contribution < -0.4 is 4.74 Å². The molecule has 22 heavy (non-hydrogen) atoms. The molecule has 1 aromatic carbocycles. The van der Waals surface area contributed by atoms with Crippen molar-refractivity contribution < 1.29 is 31.8 Å². The molecular weight excluding hydrogens is 306 g/mol.